The third-order valence-corrected chi connectivity index (χ3v) is 8.79. The highest BCUT2D eigenvalue weighted by molar-refractivity contribution is 9.10. The van der Waals surface area contributed by atoms with E-state index in [-0.39, 0.29) is 11.6 Å². The van der Waals surface area contributed by atoms with Crippen molar-refractivity contribution in [3.8, 4) is 5.75 Å². The number of rotatable bonds is 12. The molecule has 0 aliphatic carbocycles. The van der Waals surface area contributed by atoms with Gasteiger partial charge in [-0.1, -0.05) is 78.9 Å². The molecule has 7 nitrogen and oxygen atoms in total. The first-order chi connectivity index (χ1) is 22.9. The summed E-state index contributed by atoms with van der Waals surface area (Å²) in [5.74, 6) is -0.399. The quantitative estimate of drug-likeness (QED) is 0.0891. The second kappa shape index (κ2) is 16.4. The average Bonchev–Trinajstić information content (AvgIpc) is 3.09. The summed E-state index contributed by atoms with van der Waals surface area (Å²) >= 11 is 4.87. The van der Waals surface area contributed by atoms with Crippen LogP contribution in [-0.2, 0) is 9.59 Å². The fourth-order valence-electron chi connectivity index (χ4n) is 4.58. The van der Waals surface area contributed by atoms with Crippen molar-refractivity contribution < 1.29 is 19.1 Å². The first kappa shape index (κ1) is 33.2. The summed E-state index contributed by atoms with van der Waals surface area (Å²) in [4.78, 5) is 41.1. The van der Waals surface area contributed by atoms with Gasteiger partial charge in [-0.05, 0) is 94.7 Å². The zero-order chi connectivity index (χ0) is 33.0. The lowest BCUT2D eigenvalue weighted by Crippen LogP contribution is -2.30. The Labute approximate surface area is 286 Å². The molecule has 0 saturated carbocycles. The van der Waals surface area contributed by atoms with Gasteiger partial charge in [0.05, 0.1) is 12.3 Å². The van der Waals surface area contributed by atoms with Crippen molar-refractivity contribution in [3.05, 3.63) is 160 Å². The number of amides is 3. The Morgan fingerprint density at radius 2 is 1.47 bits per heavy atom. The Morgan fingerprint density at radius 3 is 2.17 bits per heavy atom. The predicted molar refractivity (Wildman–Crippen MR) is 192 cm³/mol. The maximum atomic E-state index is 13.7. The second-order valence-corrected chi connectivity index (χ2v) is 12.3. The van der Waals surface area contributed by atoms with Crippen LogP contribution in [0.1, 0.15) is 33.7 Å². The molecular formula is C38H32BrN3O4S. The van der Waals surface area contributed by atoms with E-state index in [0.29, 0.717) is 34.9 Å². The molecule has 0 radical (unpaired) electrons. The minimum atomic E-state index is -0.575. The molecule has 5 rings (SSSR count). The van der Waals surface area contributed by atoms with Gasteiger partial charge >= 0.3 is 0 Å². The molecule has 5 aromatic rings. The van der Waals surface area contributed by atoms with E-state index in [1.807, 2.05) is 91.9 Å². The lowest BCUT2D eigenvalue weighted by atomic mass is 10.1. The average molecular weight is 707 g/mol. The van der Waals surface area contributed by atoms with E-state index in [1.54, 1.807) is 54.6 Å². The van der Waals surface area contributed by atoms with Crippen LogP contribution in [0.5, 0.6) is 5.75 Å². The third-order valence-electron chi connectivity index (χ3n) is 6.85. The standard InChI is InChI=1S/C38H32BrN3O4S/c1-2-46-30-22-20-26(21-23-30)24-34(42-36(43)28-14-7-4-8-15-28)37(44)40-29-16-11-17-31(25-29)47-35(27-12-5-3-6-13-27)38(45)41-33-19-10-9-18-32(33)39/h3-25,35H,2H2,1H3,(H,40,44)(H,41,45)(H,42,43)/b34-24+. The summed E-state index contributed by atoms with van der Waals surface area (Å²) in [5, 5.41) is 8.13. The van der Waals surface area contributed by atoms with E-state index in [9.17, 15) is 14.4 Å². The molecule has 3 amide bonds. The molecule has 9 heteroatoms. The SMILES string of the molecule is CCOc1ccc(/C=C(/NC(=O)c2ccccc2)C(=O)Nc2cccc(SC(C(=O)Nc3ccccc3Br)c3ccccc3)c2)cc1. The van der Waals surface area contributed by atoms with E-state index in [1.165, 1.54) is 11.8 Å². The maximum Gasteiger partial charge on any atom is 0.272 e. The van der Waals surface area contributed by atoms with Gasteiger partial charge in [0.25, 0.3) is 11.8 Å². The predicted octanol–water partition coefficient (Wildman–Crippen LogP) is 8.73. The normalized spacial score (nSPS) is 11.7. The number of carbonyl (C=O) groups excluding carboxylic acids is 3. The molecule has 0 heterocycles. The number of para-hydroxylation sites is 1. The summed E-state index contributed by atoms with van der Waals surface area (Å²) in [6.45, 7) is 2.44. The molecule has 0 spiro atoms. The van der Waals surface area contributed by atoms with Crippen molar-refractivity contribution in [2.45, 2.75) is 17.1 Å². The van der Waals surface area contributed by atoms with E-state index >= 15 is 0 Å². The van der Waals surface area contributed by atoms with Crippen molar-refractivity contribution in [1.29, 1.82) is 0 Å². The maximum absolute atomic E-state index is 13.7. The summed E-state index contributed by atoms with van der Waals surface area (Å²) in [6.07, 6.45) is 1.61. The molecule has 5 aromatic carbocycles. The van der Waals surface area contributed by atoms with Crippen LogP contribution in [0, 0.1) is 0 Å². The summed E-state index contributed by atoms with van der Waals surface area (Å²) in [6, 6.07) is 40.2. The van der Waals surface area contributed by atoms with Gasteiger partial charge in [0.2, 0.25) is 5.91 Å². The first-order valence-electron chi connectivity index (χ1n) is 14.9. The lowest BCUT2D eigenvalue weighted by Gasteiger charge is -2.18. The van der Waals surface area contributed by atoms with E-state index < -0.39 is 17.1 Å². The van der Waals surface area contributed by atoms with Gasteiger partial charge in [-0.3, -0.25) is 14.4 Å². The number of hydrogen-bond acceptors (Lipinski definition) is 5. The highest BCUT2D eigenvalue weighted by Crippen LogP contribution is 2.38. The Morgan fingerprint density at radius 1 is 0.787 bits per heavy atom. The van der Waals surface area contributed by atoms with Crippen LogP contribution in [0.25, 0.3) is 6.08 Å². The number of ether oxygens (including phenoxy) is 1. The van der Waals surface area contributed by atoms with Crippen molar-refractivity contribution in [2.24, 2.45) is 0 Å². The first-order valence-corrected chi connectivity index (χ1v) is 16.6. The van der Waals surface area contributed by atoms with Crippen LogP contribution < -0.4 is 20.7 Å². The van der Waals surface area contributed by atoms with Crippen molar-refractivity contribution in [1.82, 2.24) is 5.32 Å². The van der Waals surface area contributed by atoms with Crippen molar-refractivity contribution in [3.63, 3.8) is 0 Å². The fourth-order valence-corrected chi connectivity index (χ4v) is 6.05. The molecular weight excluding hydrogens is 674 g/mol. The number of carbonyl (C=O) groups is 3. The highest BCUT2D eigenvalue weighted by atomic mass is 79.9. The van der Waals surface area contributed by atoms with Crippen LogP contribution in [0.2, 0.25) is 0 Å². The molecule has 236 valence electrons. The minimum absolute atomic E-state index is 0.0658. The van der Waals surface area contributed by atoms with Gasteiger partial charge < -0.3 is 20.7 Å². The van der Waals surface area contributed by atoms with E-state index in [2.05, 4.69) is 31.9 Å². The van der Waals surface area contributed by atoms with Crippen LogP contribution in [0.3, 0.4) is 0 Å². The van der Waals surface area contributed by atoms with Gasteiger partial charge in [0, 0.05) is 20.6 Å². The Balaban J connectivity index is 1.38. The van der Waals surface area contributed by atoms with Crippen LogP contribution >= 0.6 is 27.7 Å². The molecule has 47 heavy (non-hydrogen) atoms. The zero-order valence-corrected chi connectivity index (χ0v) is 27.9. The minimum Gasteiger partial charge on any atom is -0.494 e. The molecule has 0 saturated heterocycles. The summed E-state index contributed by atoms with van der Waals surface area (Å²) in [7, 11) is 0. The molecule has 1 atom stereocenters. The largest absolute Gasteiger partial charge is 0.494 e. The molecule has 0 aliphatic rings. The lowest BCUT2D eigenvalue weighted by molar-refractivity contribution is -0.116. The molecule has 0 aliphatic heterocycles. The molecule has 0 aromatic heterocycles. The van der Waals surface area contributed by atoms with Gasteiger partial charge in [-0.2, -0.15) is 0 Å². The number of anilines is 2. The van der Waals surface area contributed by atoms with Crippen LogP contribution in [0.15, 0.2) is 149 Å². The Kier molecular flexibility index (Phi) is 11.6. The number of nitrogens with one attached hydrogen (secondary N) is 3. The Bertz CT molecular complexity index is 1870. The topological polar surface area (TPSA) is 96.5 Å². The van der Waals surface area contributed by atoms with Crippen LogP contribution in [-0.4, -0.2) is 24.3 Å². The van der Waals surface area contributed by atoms with Crippen molar-refractivity contribution in [2.75, 3.05) is 17.2 Å². The summed E-state index contributed by atoms with van der Waals surface area (Å²) < 4.78 is 6.31. The van der Waals surface area contributed by atoms with Gasteiger partial charge in [-0.25, -0.2) is 0 Å². The number of thioether (sulfide) groups is 1. The van der Waals surface area contributed by atoms with Gasteiger partial charge in [-0.15, -0.1) is 11.8 Å². The van der Waals surface area contributed by atoms with Gasteiger partial charge in [0.15, 0.2) is 0 Å². The zero-order valence-electron chi connectivity index (χ0n) is 25.5. The van der Waals surface area contributed by atoms with Crippen molar-refractivity contribution >= 4 is 62.9 Å². The summed E-state index contributed by atoms with van der Waals surface area (Å²) in [5.41, 5.74) is 3.20. The molecule has 3 N–H and O–H groups in total. The Hall–Kier alpha value is -5.12. The molecule has 0 fully saturated rings. The third kappa shape index (κ3) is 9.45. The highest BCUT2D eigenvalue weighted by Gasteiger charge is 2.23. The number of halogens is 1. The molecule has 0 bridgehead atoms. The fraction of sp³-hybridized carbons (Fsp3) is 0.0789. The van der Waals surface area contributed by atoms with E-state index in [4.69, 9.17) is 4.74 Å². The monoisotopic (exact) mass is 705 g/mol. The van der Waals surface area contributed by atoms with E-state index in [0.717, 1.165) is 14.9 Å². The second-order valence-electron chi connectivity index (χ2n) is 10.2. The smallest absolute Gasteiger partial charge is 0.272 e. The number of hydrogen-bond donors (Lipinski definition) is 3. The van der Waals surface area contributed by atoms with Gasteiger partial charge in [0.1, 0.15) is 16.7 Å². The molecule has 1 unspecified atom stereocenters. The van der Waals surface area contributed by atoms with Crippen LogP contribution in [0.4, 0.5) is 11.4 Å². The number of benzene rings is 5.